The first kappa shape index (κ1) is 12.8. The third-order valence-corrected chi connectivity index (χ3v) is 2.21. The van der Waals surface area contributed by atoms with Crippen LogP contribution in [0.25, 0.3) is 0 Å². The van der Waals surface area contributed by atoms with Crippen molar-refractivity contribution >= 4 is 17.6 Å². The minimum absolute atomic E-state index is 0.0613. The third kappa shape index (κ3) is 2.66. The summed E-state index contributed by atoms with van der Waals surface area (Å²) in [6.45, 7) is 3.27. The van der Waals surface area contributed by atoms with Crippen molar-refractivity contribution in [3.05, 3.63) is 28.0 Å². The first-order chi connectivity index (χ1) is 7.47. The standard InChI is InChI=1S/C10H10ClF2NO2/c1-3-16-10(15)6-4-5(2)7(9(12)13)8(11)14-6/h4,9H,3H2,1-2H3. The molecule has 88 valence electrons. The molecule has 0 aromatic carbocycles. The highest BCUT2D eigenvalue weighted by Crippen LogP contribution is 2.29. The molecule has 0 bridgehead atoms. The van der Waals surface area contributed by atoms with Gasteiger partial charge in [-0.15, -0.1) is 0 Å². The lowest BCUT2D eigenvalue weighted by molar-refractivity contribution is 0.0518. The first-order valence-corrected chi connectivity index (χ1v) is 4.97. The van der Waals surface area contributed by atoms with Crippen LogP contribution in [0, 0.1) is 6.92 Å². The highest BCUT2D eigenvalue weighted by Gasteiger charge is 2.20. The summed E-state index contributed by atoms with van der Waals surface area (Å²) in [6, 6.07) is 1.24. The maximum atomic E-state index is 12.5. The van der Waals surface area contributed by atoms with Crippen molar-refractivity contribution in [3.8, 4) is 0 Å². The lowest BCUT2D eigenvalue weighted by atomic mass is 10.1. The Balaban J connectivity index is 3.14. The minimum atomic E-state index is -2.71. The summed E-state index contributed by atoms with van der Waals surface area (Å²) >= 11 is 5.58. The van der Waals surface area contributed by atoms with Gasteiger partial charge in [0, 0.05) is 0 Å². The predicted octanol–water partition coefficient (Wildman–Crippen LogP) is 3.16. The molecule has 0 saturated carbocycles. The molecule has 0 aliphatic carbocycles. The Morgan fingerprint density at radius 1 is 1.62 bits per heavy atom. The Labute approximate surface area is 96.4 Å². The average molecular weight is 250 g/mol. The number of pyridine rings is 1. The average Bonchev–Trinajstić information content (AvgIpc) is 2.16. The van der Waals surface area contributed by atoms with E-state index in [-0.39, 0.29) is 28.6 Å². The molecule has 0 unspecified atom stereocenters. The predicted molar refractivity (Wildman–Crippen MR) is 54.9 cm³/mol. The maximum Gasteiger partial charge on any atom is 0.356 e. The van der Waals surface area contributed by atoms with Crippen molar-refractivity contribution in [3.63, 3.8) is 0 Å². The zero-order valence-electron chi connectivity index (χ0n) is 8.76. The Hall–Kier alpha value is -1.23. The number of hydrogen-bond donors (Lipinski definition) is 0. The van der Waals surface area contributed by atoms with Crippen LogP contribution >= 0.6 is 11.6 Å². The fraction of sp³-hybridized carbons (Fsp3) is 0.400. The number of alkyl halides is 2. The second-order valence-electron chi connectivity index (χ2n) is 3.05. The molecule has 1 heterocycles. The monoisotopic (exact) mass is 249 g/mol. The molecule has 0 atom stereocenters. The summed E-state index contributed by atoms with van der Waals surface area (Å²) in [5.41, 5.74) is -0.193. The van der Waals surface area contributed by atoms with Crippen LogP contribution < -0.4 is 0 Å². The van der Waals surface area contributed by atoms with E-state index < -0.39 is 12.4 Å². The molecule has 1 aromatic rings. The van der Waals surface area contributed by atoms with Crippen LogP contribution in [0.4, 0.5) is 8.78 Å². The van der Waals surface area contributed by atoms with Gasteiger partial charge in [0.15, 0.2) is 0 Å². The highest BCUT2D eigenvalue weighted by atomic mass is 35.5. The smallest absolute Gasteiger partial charge is 0.356 e. The summed E-state index contributed by atoms with van der Waals surface area (Å²) < 4.78 is 29.7. The second kappa shape index (κ2) is 5.21. The van der Waals surface area contributed by atoms with Gasteiger partial charge in [-0.3, -0.25) is 0 Å². The number of hydrogen-bond acceptors (Lipinski definition) is 3. The van der Waals surface area contributed by atoms with Gasteiger partial charge in [-0.1, -0.05) is 11.6 Å². The van der Waals surface area contributed by atoms with Crippen molar-refractivity contribution in [1.82, 2.24) is 4.98 Å². The molecule has 0 aliphatic heterocycles. The van der Waals surface area contributed by atoms with Crippen molar-refractivity contribution < 1.29 is 18.3 Å². The molecular formula is C10H10ClF2NO2. The van der Waals surface area contributed by atoms with Gasteiger partial charge in [0.2, 0.25) is 0 Å². The Bertz CT molecular complexity index is 387. The molecular weight excluding hydrogens is 240 g/mol. The largest absolute Gasteiger partial charge is 0.461 e. The fourth-order valence-electron chi connectivity index (χ4n) is 1.22. The van der Waals surface area contributed by atoms with Gasteiger partial charge >= 0.3 is 5.97 Å². The molecule has 1 aromatic heterocycles. The number of carbonyl (C=O) groups excluding carboxylic acids is 1. The van der Waals surface area contributed by atoms with Crippen molar-refractivity contribution in [2.75, 3.05) is 6.61 Å². The van der Waals surface area contributed by atoms with Crippen molar-refractivity contribution in [2.24, 2.45) is 0 Å². The molecule has 0 aliphatic rings. The van der Waals surface area contributed by atoms with Crippen LogP contribution in [0.1, 0.15) is 35.0 Å². The molecule has 0 fully saturated rings. The molecule has 0 N–H and O–H groups in total. The molecule has 0 saturated heterocycles. The van der Waals surface area contributed by atoms with E-state index in [2.05, 4.69) is 4.98 Å². The fourth-order valence-corrected chi connectivity index (χ4v) is 1.54. The van der Waals surface area contributed by atoms with Crippen LogP contribution in [0.5, 0.6) is 0 Å². The maximum absolute atomic E-state index is 12.5. The summed E-state index contributed by atoms with van der Waals surface area (Å²) in [4.78, 5) is 14.9. The molecule has 0 spiro atoms. The van der Waals surface area contributed by atoms with E-state index in [4.69, 9.17) is 16.3 Å². The lowest BCUT2D eigenvalue weighted by Gasteiger charge is -2.08. The van der Waals surface area contributed by atoms with E-state index in [1.165, 1.54) is 13.0 Å². The van der Waals surface area contributed by atoms with E-state index in [0.29, 0.717) is 0 Å². The third-order valence-electron chi connectivity index (χ3n) is 1.92. The lowest BCUT2D eigenvalue weighted by Crippen LogP contribution is -2.09. The number of nitrogens with zero attached hydrogens (tertiary/aromatic N) is 1. The van der Waals surface area contributed by atoms with Gasteiger partial charge in [-0.2, -0.15) is 0 Å². The number of rotatable bonds is 3. The van der Waals surface area contributed by atoms with Gasteiger partial charge in [0.05, 0.1) is 12.2 Å². The highest BCUT2D eigenvalue weighted by molar-refractivity contribution is 6.30. The Kier molecular flexibility index (Phi) is 4.18. The number of aromatic nitrogens is 1. The van der Waals surface area contributed by atoms with Crippen LogP contribution in [0.15, 0.2) is 6.07 Å². The Morgan fingerprint density at radius 2 is 2.25 bits per heavy atom. The zero-order chi connectivity index (χ0) is 12.3. The molecule has 0 amide bonds. The molecule has 1 rings (SSSR count). The van der Waals surface area contributed by atoms with Gasteiger partial charge < -0.3 is 4.74 Å². The van der Waals surface area contributed by atoms with Crippen LogP contribution in [0.2, 0.25) is 5.15 Å². The van der Waals surface area contributed by atoms with Crippen molar-refractivity contribution in [2.45, 2.75) is 20.3 Å². The summed E-state index contributed by atoms with van der Waals surface area (Å²) in [5.74, 6) is -0.673. The summed E-state index contributed by atoms with van der Waals surface area (Å²) in [5, 5.41) is -0.363. The second-order valence-corrected chi connectivity index (χ2v) is 3.41. The van der Waals surface area contributed by atoms with Crippen LogP contribution in [0.3, 0.4) is 0 Å². The van der Waals surface area contributed by atoms with Crippen LogP contribution in [-0.4, -0.2) is 17.6 Å². The van der Waals surface area contributed by atoms with E-state index >= 15 is 0 Å². The Morgan fingerprint density at radius 3 is 2.69 bits per heavy atom. The van der Waals surface area contributed by atoms with E-state index in [9.17, 15) is 13.6 Å². The summed E-state index contributed by atoms with van der Waals surface area (Å²) in [7, 11) is 0. The van der Waals surface area contributed by atoms with Gasteiger partial charge in [-0.25, -0.2) is 18.6 Å². The van der Waals surface area contributed by atoms with Gasteiger partial charge in [-0.05, 0) is 25.5 Å². The molecule has 3 nitrogen and oxygen atoms in total. The van der Waals surface area contributed by atoms with E-state index in [1.54, 1.807) is 6.92 Å². The number of halogens is 3. The van der Waals surface area contributed by atoms with Crippen molar-refractivity contribution in [1.29, 1.82) is 0 Å². The van der Waals surface area contributed by atoms with E-state index in [0.717, 1.165) is 0 Å². The van der Waals surface area contributed by atoms with E-state index in [1.807, 2.05) is 0 Å². The molecule has 0 radical (unpaired) electrons. The summed E-state index contributed by atoms with van der Waals surface area (Å²) in [6.07, 6.45) is -2.71. The number of esters is 1. The van der Waals surface area contributed by atoms with Crippen LogP contribution in [-0.2, 0) is 4.74 Å². The number of aryl methyl sites for hydroxylation is 1. The molecule has 6 heteroatoms. The number of carbonyl (C=O) groups is 1. The quantitative estimate of drug-likeness (QED) is 0.610. The normalized spacial score (nSPS) is 10.6. The minimum Gasteiger partial charge on any atom is -0.461 e. The number of ether oxygens (including phenoxy) is 1. The SMILES string of the molecule is CCOC(=O)c1cc(C)c(C(F)F)c(Cl)n1. The topological polar surface area (TPSA) is 39.2 Å². The van der Waals surface area contributed by atoms with Gasteiger partial charge in [0.25, 0.3) is 6.43 Å². The molecule has 16 heavy (non-hydrogen) atoms. The zero-order valence-corrected chi connectivity index (χ0v) is 9.52. The van der Waals surface area contributed by atoms with Gasteiger partial charge in [0.1, 0.15) is 10.8 Å². The first-order valence-electron chi connectivity index (χ1n) is 4.59.